The van der Waals surface area contributed by atoms with E-state index in [1.807, 2.05) is 25.2 Å². The van der Waals surface area contributed by atoms with Crippen molar-refractivity contribution in [2.45, 2.75) is 32.7 Å². The number of thiazole rings is 1. The minimum atomic E-state index is 0.322. The number of rotatable bonds is 6. The highest BCUT2D eigenvalue weighted by molar-refractivity contribution is 7.11. The van der Waals surface area contributed by atoms with Gasteiger partial charge in [0.1, 0.15) is 5.75 Å². The zero-order valence-corrected chi connectivity index (χ0v) is 18.5. The summed E-state index contributed by atoms with van der Waals surface area (Å²) < 4.78 is 5.50. The average molecular weight is 422 g/mol. The maximum Gasteiger partial charge on any atom is 0.191 e. The number of halogens is 1. The van der Waals surface area contributed by atoms with Crippen LogP contribution in [0.5, 0.6) is 5.75 Å². The molecule has 2 aromatic rings. The van der Waals surface area contributed by atoms with Crippen molar-refractivity contribution >= 4 is 34.6 Å². The average Bonchev–Trinajstić information content (AvgIpc) is 3.26. The highest BCUT2D eigenvalue weighted by atomic mass is 35.5. The number of methoxy groups -OCH3 is 1. The second-order valence-corrected chi connectivity index (χ2v) is 8.61. The van der Waals surface area contributed by atoms with E-state index in [9.17, 15) is 0 Å². The zero-order chi connectivity index (χ0) is 20.1. The molecule has 0 bridgehead atoms. The summed E-state index contributed by atoms with van der Waals surface area (Å²) in [6.07, 6.45) is 1.98. The fraction of sp³-hybridized carbons (Fsp3) is 0.500. The Kier molecular flexibility index (Phi) is 7.02. The van der Waals surface area contributed by atoms with E-state index in [1.54, 1.807) is 18.4 Å². The van der Waals surface area contributed by atoms with Crippen LogP contribution in [-0.2, 0) is 6.42 Å². The van der Waals surface area contributed by atoms with E-state index in [0.717, 1.165) is 65.6 Å². The Hall–Kier alpha value is -1.99. The molecule has 1 fully saturated rings. The molecule has 1 atom stereocenters. The van der Waals surface area contributed by atoms with Crippen LogP contribution in [0, 0.1) is 13.8 Å². The minimum Gasteiger partial charge on any atom is -0.495 e. The highest BCUT2D eigenvalue weighted by Crippen LogP contribution is 2.33. The molecule has 1 unspecified atom stereocenters. The van der Waals surface area contributed by atoms with Gasteiger partial charge in [-0.25, -0.2) is 4.98 Å². The number of benzene rings is 1. The van der Waals surface area contributed by atoms with Gasteiger partial charge in [-0.2, -0.15) is 0 Å². The summed E-state index contributed by atoms with van der Waals surface area (Å²) in [6.45, 7) is 6.79. The van der Waals surface area contributed by atoms with Gasteiger partial charge in [0.05, 0.1) is 23.5 Å². The Morgan fingerprint density at radius 1 is 1.43 bits per heavy atom. The summed E-state index contributed by atoms with van der Waals surface area (Å²) in [4.78, 5) is 12.5. The van der Waals surface area contributed by atoms with Crippen LogP contribution in [0.2, 0.25) is 5.02 Å². The second kappa shape index (κ2) is 9.47. The number of guanidine groups is 1. The summed E-state index contributed by atoms with van der Waals surface area (Å²) in [6, 6.07) is 6.06. The molecule has 0 saturated carbocycles. The van der Waals surface area contributed by atoms with Crippen LogP contribution in [0.1, 0.15) is 22.0 Å². The number of anilines is 1. The van der Waals surface area contributed by atoms with Crippen LogP contribution >= 0.6 is 22.9 Å². The van der Waals surface area contributed by atoms with Gasteiger partial charge in [0.25, 0.3) is 0 Å². The first-order valence-corrected chi connectivity index (χ1v) is 10.7. The lowest BCUT2D eigenvalue weighted by molar-refractivity contribution is 0.415. The third-order valence-electron chi connectivity index (χ3n) is 4.88. The molecule has 1 aliphatic rings. The number of hydrogen-bond donors (Lipinski definition) is 2. The van der Waals surface area contributed by atoms with Gasteiger partial charge in [-0.05, 0) is 38.5 Å². The summed E-state index contributed by atoms with van der Waals surface area (Å²) in [5.41, 5.74) is 2.17. The molecule has 6 nitrogen and oxygen atoms in total. The van der Waals surface area contributed by atoms with Crippen LogP contribution in [0.25, 0.3) is 0 Å². The number of aliphatic imine (C=N–C) groups is 1. The van der Waals surface area contributed by atoms with Gasteiger partial charge in [-0.15, -0.1) is 11.3 Å². The Bertz CT molecular complexity index is 838. The molecule has 2 N–H and O–H groups in total. The molecular formula is C20H28ClN5OS. The van der Waals surface area contributed by atoms with Crippen LogP contribution in [-0.4, -0.2) is 50.8 Å². The number of aryl methyl sites for hydroxylation is 2. The first-order chi connectivity index (χ1) is 13.5. The molecule has 1 aromatic carbocycles. The topological polar surface area (TPSA) is 61.8 Å². The molecule has 3 rings (SSSR count). The first-order valence-electron chi connectivity index (χ1n) is 9.48. The lowest BCUT2D eigenvalue weighted by Crippen LogP contribution is -2.45. The number of hydrogen-bond acceptors (Lipinski definition) is 5. The molecule has 1 aromatic heterocycles. The fourth-order valence-corrected chi connectivity index (χ4v) is 4.60. The van der Waals surface area contributed by atoms with Gasteiger partial charge in [0, 0.05) is 49.0 Å². The summed E-state index contributed by atoms with van der Waals surface area (Å²) in [5, 5.41) is 8.80. The SMILES string of the molecule is CN=C(NCCc1sc(C)nc1C)NC1CCN(c2cc(Cl)ccc2OC)C1. The van der Waals surface area contributed by atoms with Gasteiger partial charge in [0.15, 0.2) is 5.96 Å². The van der Waals surface area contributed by atoms with E-state index in [0.29, 0.717) is 6.04 Å². The van der Waals surface area contributed by atoms with E-state index in [4.69, 9.17) is 16.3 Å². The van der Waals surface area contributed by atoms with Crippen LogP contribution in [0.4, 0.5) is 5.69 Å². The normalized spacial score (nSPS) is 17.1. The van der Waals surface area contributed by atoms with Crippen LogP contribution < -0.4 is 20.3 Å². The van der Waals surface area contributed by atoms with Crippen molar-refractivity contribution in [3.05, 3.63) is 38.8 Å². The summed E-state index contributed by atoms with van der Waals surface area (Å²) in [7, 11) is 3.50. The lowest BCUT2D eigenvalue weighted by atomic mass is 10.2. The first kappa shape index (κ1) is 20.7. The molecule has 152 valence electrons. The molecular weight excluding hydrogens is 394 g/mol. The monoisotopic (exact) mass is 421 g/mol. The Morgan fingerprint density at radius 3 is 2.93 bits per heavy atom. The lowest BCUT2D eigenvalue weighted by Gasteiger charge is -2.22. The summed E-state index contributed by atoms with van der Waals surface area (Å²) >= 11 is 7.95. The molecule has 0 aliphatic carbocycles. The molecule has 8 heteroatoms. The molecule has 0 radical (unpaired) electrons. The van der Waals surface area contributed by atoms with Crippen molar-refractivity contribution in [3.63, 3.8) is 0 Å². The van der Waals surface area contributed by atoms with Crippen molar-refractivity contribution in [2.24, 2.45) is 4.99 Å². The van der Waals surface area contributed by atoms with Gasteiger partial charge in [0.2, 0.25) is 0 Å². The molecule has 28 heavy (non-hydrogen) atoms. The van der Waals surface area contributed by atoms with E-state index >= 15 is 0 Å². The van der Waals surface area contributed by atoms with Crippen molar-refractivity contribution in [3.8, 4) is 5.75 Å². The predicted octanol–water partition coefficient (Wildman–Crippen LogP) is 3.41. The van der Waals surface area contributed by atoms with Gasteiger partial charge in [-0.3, -0.25) is 4.99 Å². The third kappa shape index (κ3) is 5.08. The molecule has 1 saturated heterocycles. The number of ether oxygens (including phenoxy) is 1. The Morgan fingerprint density at radius 2 is 2.25 bits per heavy atom. The maximum atomic E-state index is 6.19. The van der Waals surface area contributed by atoms with Crippen molar-refractivity contribution in [1.29, 1.82) is 0 Å². The fourth-order valence-electron chi connectivity index (χ4n) is 3.49. The molecule has 0 amide bonds. The number of nitrogens with zero attached hydrogens (tertiary/aromatic N) is 3. The molecule has 2 heterocycles. The predicted molar refractivity (Wildman–Crippen MR) is 118 cm³/mol. The minimum absolute atomic E-state index is 0.322. The van der Waals surface area contributed by atoms with Crippen molar-refractivity contribution in [2.75, 3.05) is 38.7 Å². The quantitative estimate of drug-likeness (QED) is 0.552. The van der Waals surface area contributed by atoms with E-state index < -0.39 is 0 Å². The Labute approximate surface area is 176 Å². The van der Waals surface area contributed by atoms with Gasteiger partial charge in [-0.1, -0.05) is 11.6 Å². The van der Waals surface area contributed by atoms with E-state index in [1.165, 1.54) is 4.88 Å². The molecule has 0 spiro atoms. The van der Waals surface area contributed by atoms with Gasteiger partial charge >= 0.3 is 0 Å². The second-order valence-electron chi connectivity index (χ2n) is 6.88. The summed E-state index contributed by atoms with van der Waals surface area (Å²) in [5.74, 6) is 1.69. The third-order valence-corrected chi connectivity index (χ3v) is 6.25. The van der Waals surface area contributed by atoms with Crippen molar-refractivity contribution in [1.82, 2.24) is 15.6 Å². The van der Waals surface area contributed by atoms with E-state index in [2.05, 4.69) is 39.4 Å². The number of nitrogens with one attached hydrogen (secondary N) is 2. The molecule has 1 aliphatic heterocycles. The van der Waals surface area contributed by atoms with Crippen LogP contribution in [0.15, 0.2) is 23.2 Å². The van der Waals surface area contributed by atoms with Crippen LogP contribution in [0.3, 0.4) is 0 Å². The zero-order valence-electron chi connectivity index (χ0n) is 16.9. The smallest absolute Gasteiger partial charge is 0.191 e. The Balaban J connectivity index is 1.52. The number of aromatic nitrogens is 1. The largest absolute Gasteiger partial charge is 0.495 e. The highest BCUT2D eigenvalue weighted by Gasteiger charge is 2.25. The van der Waals surface area contributed by atoms with Gasteiger partial charge < -0.3 is 20.3 Å². The standard InChI is InChI=1S/C20H28ClN5OS/c1-13-19(28-14(2)24-13)7-9-23-20(22-3)25-16-8-10-26(12-16)17-11-15(21)5-6-18(17)27-4/h5-6,11,16H,7-10,12H2,1-4H3,(H2,22,23,25). The van der Waals surface area contributed by atoms with E-state index in [-0.39, 0.29) is 0 Å². The maximum absolute atomic E-state index is 6.19. The van der Waals surface area contributed by atoms with Crippen molar-refractivity contribution < 1.29 is 4.74 Å².